The van der Waals surface area contributed by atoms with Crippen molar-refractivity contribution in [1.82, 2.24) is 20.4 Å². The molecule has 4 atom stereocenters. The van der Waals surface area contributed by atoms with Crippen LogP contribution in [0.25, 0.3) is 0 Å². The molecule has 4 rings (SSSR count). The van der Waals surface area contributed by atoms with Crippen LogP contribution in [0.1, 0.15) is 87.6 Å². The second kappa shape index (κ2) is 13.0. The quantitative estimate of drug-likeness (QED) is 0.296. The predicted molar refractivity (Wildman–Crippen MR) is 148 cm³/mol. The van der Waals surface area contributed by atoms with E-state index in [4.69, 9.17) is 19.8 Å². The number of anilines is 4. The molecule has 1 aromatic carbocycles. The van der Waals surface area contributed by atoms with Crippen LogP contribution in [0.4, 0.5) is 23.5 Å². The highest BCUT2D eigenvalue weighted by molar-refractivity contribution is 5.94. The van der Waals surface area contributed by atoms with E-state index >= 15 is 0 Å². The molecule has 2 fully saturated rings. The van der Waals surface area contributed by atoms with Gasteiger partial charge in [-0.3, -0.25) is 9.63 Å². The van der Waals surface area contributed by atoms with Crippen LogP contribution in [0.15, 0.2) is 18.2 Å². The molecule has 37 heavy (non-hydrogen) atoms. The molecular weight excluding hydrogens is 466 g/mol. The number of nitrogens with zero attached hydrogens (tertiary/aromatic N) is 3. The molecule has 1 heterocycles. The summed E-state index contributed by atoms with van der Waals surface area (Å²) >= 11 is 0. The highest BCUT2D eigenvalue weighted by Crippen LogP contribution is 2.31. The van der Waals surface area contributed by atoms with E-state index in [1.54, 1.807) is 12.1 Å². The fourth-order valence-electron chi connectivity index (χ4n) is 5.64. The third-order valence-electron chi connectivity index (χ3n) is 8.02. The third-order valence-corrected chi connectivity index (χ3v) is 8.02. The number of hydroxylamine groups is 1. The Bertz CT molecular complexity index is 1050. The topological polar surface area (TPSA) is 113 Å². The molecule has 0 aliphatic heterocycles. The lowest BCUT2D eigenvalue weighted by atomic mass is 9.80. The summed E-state index contributed by atoms with van der Waals surface area (Å²) in [7, 11) is 1.42. The minimum absolute atomic E-state index is 0.310. The van der Waals surface area contributed by atoms with Gasteiger partial charge in [0, 0.05) is 23.8 Å². The van der Waals surface area contributed by atoms with Crippen LogP contribution in [0.3, 0.4) is 0 Å². The summed E-state index contributed by atoms with van der Waals surface area (Å²) in [5.41, 5.74) is 4.59. The smallest absolute Gasteiger partial charge is 0.274 e. The summed E-state index contributed by atoms with van der Waals surface area (Å²) in [6, 6.07) is 5.79. The van der Waals surface area contributed by atoms with Crippen LogP contribution in [0, 0.1) is 24.7 Å². The minimum Gasteiger partial charge on any atom is -0.354 e. The number of nitrogens with one attached hydrogen (secondary N) is 4. The number of hydrogen-bond donors (Lipinski definition) is 4. The molecule has 0 bridgehead atoms. The zero-order chi connectivity index (χ0) is 26.2. The lowest BCUT2D eigenvalue weighted by Crippen LogP contribution is -2.31. The Morgan fingerprint density at radius 2 is 1.76 bits per heavy atom. The van der Waals surface area contributed by atoms with Crippen molar-refractivity contribution in [1.29, 1.82) is 0 Å². The molecule has 0 spiro atoms. The molecule has 9 heteroatoms. The molecule has 202 valence electrons. The van der Waals surface area contributed by atoms with Gasteiger partial charge in [0.1, 0.15) is 0 Å². The van der Waals surface area contributed by atoms with E-state index in [-0.39, 0.29) is 5.91 Å². The molecule has 0 saturated heterocycles. The summed E-state index contributed by atoms with van der Waals surface area (Å²) < 4.78 is 0. The van der Waals surface area contributed by atoms with Gasteiger partial charge in [0.05, 0.1) is 7.11 Å². The first kappa shape index (κ1) is 27.1. The molecule has 4 N–H and O–H groups in total. The summed E-state index contributed by atoms with van der Waals surface area (Å²) in [5.74, 6) is 3.34. The lowest BCUT2D eigenvalue weighted by Gasteiger charge is -2.30. The molecular formula is C28H43N7O2. The van der Waals surface area contributed by atoms with Gasteiger partial charge < -0.3 is 16.0 Å². The summed E-state index contributed by atoms with van der Waals surface area (Å²) in [5, 5.41) is 10.4. The molecule has 2 aliphatic carbocycles. The van der Waals surface area contributed by atoms with Gasteiger partial charge in [0.15, 0.2) is 0 Å². The Morgan fingerprint density at radius 3 is 2.54 bits per heavy atom. The van der Waals surface area contributed by atoms with Gasteiger partial charge in [-0.25, -0.2) is 5.48 Å². The Balaban J connectivity index is 1.55. The van der Waals surface area contributed by atoms with E-state index in [0.29, 0.717) is 41.3 Å². The SMILES string of the molecule is CCC1CCCC(CNc2nc(Nc3cc(C(=O)NOC)ccc3C)nc(NC3CCCCC3C)n2)C1. The van der Waals surface area contributed by atoms with Crippen molar-refractivity contribution in [2.45, 2.75) is 84.6 Å². The van der Waals surface area contributed by atoms with Crippen molar-refractivity contribution >= 4 is 29.4 Å². The minimum atomic E-state index is -0.310. The Morgan fingerprint density at radius 1 is 1.00 bits per heavy atom. The predicted octanol–water partition coefficient (Wildman–Crippen LogP) is 5.83. The van der Waals surface area contributed by atoms with Gasteiger partial charge in [-0.15, -0.1) is 0 Å². The van der Waals surface area contributed by atoms with E-state index in [1.165, 1.54) is 58.5 Å². The standard InChI is InChI=1S/C28H43N7O2/c1-5-20-10-8-11-21(15-20)17-29-26-32-27(30-23-12-7-6-9-18(23)2)34-28(33-26)31-24-16-22(14-13-19(24)3)25(36)35-37-4/h13-14,16,18,20-21,23H,5-12,15,17H2,1-4H3,(H,35,36)(H3,29,30,31,32,33,34). The number of carbonyl (C=O) groups excluding carboxylic acids is 1. The summed E-state index contributed by atoms with van der Waals surface area (Å²) in [6.45, 7) is 7.44. The van der Waals surface area contributed by atoms with Crippen LogP contribution >= 0.6 is 0 Å². The van der Waals surface area contributed by atoms with E-state index in [1.807, 2.05) is 13.0 Å². The number of aryl methyl sites for hydroxylation is 1. The fourth-order valence-corrected chi connectivity index (χ4v) is 5.64. The van der Waals surface area contributed by atoms with E-state index in [0.717, 1.165) is 30.1 Å². The Kier molecular flexibility index (Phi) is 9.55. The number of benzene rings is 1. The van der Waals surface area contributed by atoms with Crippen LogP contribution in [0.5, 0.6) is 0 Å². The third kappa shape index (κ3) is 7.53. The molecule has 1 amide bonds. The zero-order valence-electron chi connectivity index (χ0n) is 22.8. The van der Waals surface area contributed by atoms with Crippen LogP contribution < -0.4 is 21.4 Å². The Labute approximate surface area is 220 Å². The molecule has 2 aliphatic rings. The number of amides is 1. The van der Waals surface area contributed by atoms with Crippen molar-refractivity contribution in [3.63, 3.8) is 0 Å². The first-order valence-electron chi connectivity index (χ1n) is 13.9. The van der Waals surface area contributed by atoms with E-state index in [9.17, 15) is 4.79 Å². The summed E-state index contributed by atoms with van der Waals surface area (Å²) in [4.78, 5) is 31.2. The average molecular weight is 510 g/mol. The van der Waals surface area contributed by atoms with Gasteiger partial charge in [0.25, 0.3) is 5.91 Å². The van der Waals surface area contributed by atoms with Crippen molar-refractivity contribution in [3.8, 4) is 0 Å². The van der Waals surface area contributed by atoms with Crippen LogP contribution in [0.2, 0.25) is 0 Å². The van der Waals surface area contributed by atoms with Gasteiger partial charge in [-0.05, 0) is 68.1 Å². The largest absolute Gasteiger partial charge is 0.354 e. The van der Waals surface area contributed by atoms with Crippen molar-refractivity contribution < 1.29 is 9.63 Å². The van der Waals surface area contributed by atoms with Gasteiger partial charge in [-0.2, -0.15) is 15.0 Å². The average Bonchev–Trinajstić information content (AvgIpc) is 2.90. The molecule has 2 saturated carbocycles. The van der Waals surface area contributed by atoms with Crippen molar-refractivity contribution in [3.05, 3.63) is 29.3 Å². The first-order chi connectivity index (χ1) is 17.9. The molecule has 1 aromatic heterocycles. The van der Waals surface area contributed by atoms with E-state index < -0.39 is 0 Å². The number of aromatic nitrogens is 3. The van der Waals surface area contributed by atoms with E-state index in [2.05, 4.69) is 35.3 Å². The molecule has 4 unspecified atom stereocenters. The van der Waals surface area contributed by atoms with Crippen LogP contribution in [-0.4, -0.2) is 40.6 Å². The highest BCUT2D eigenvalue weighted by atomic mass is 16.6. The maximum atomic E-state index is 12.3. The van der Waals surface area contributed by atoms with Crippen molar-refractivity contribution in [2.75, 3.05) is 29.6 Å². The number of hydrogen-bond acceptors (Lipinski definition) is 8. The molecule has 2 aromatic rings. The molecule has 9 nitrogen and oxygen atoms in total. The monoisotopic (exact) mass is 509 g/mol. The second-order valence-electron chi connectivity index (χ2n) is 10.8. The highest BCUT2D eigenvalue weighted by Gasteiger charge is 2.24. The Hall–Kier alpha value is -2.94. The summed E-state index contributed by atoms with van der Waals surface area (Å²) in [6.07, 6.45) is 11.3. The number of rotatable bonds is 10. The number of carbonyl (C=O) groups is 1. The van der Waals surface area contributed by atoms with Gasteiger partial charge >= 0.3 is 0 Å². The lowest BCUT2D eigenvalue weighted by molar-refractivity contribution is 0.0537. The normalized spacial score (nSPS) is 23.8. The molecule has 0 radical (unpaired) electrons. The van der Waals surface area contributed by atoms with Crippen LogP contribution in [-0.2, 0) is 4.84 Å². The maximum absolute atomic E-state index is 12.3. The first-order valence-corrected chi connectivity index (χ1v) is 13.9. The van der Waals surface area contributed by atoms with Gasteiger partial charge in [-0.1, -0.05) is 52.0 Å². The maximum Gasteiger partial charge on any atom is 0.274 e. The van der Waals surface area contributed by atoms with Crippen molar-refractivity contribution in [2.24, 2.45) is 17.8 Å². The second-order valence-corrected chi connectivity index (χ2v) is 10.8. The fraction of sp³-hybridized carbons (Fsp3) is 0.643. The van der Waals surface area contributed by atoms with Gasteiger partial charge in [0.2, 0.25) is 17.8 Å². The zero-order valence-corrected chi connectivity index (χ0v) is 22.8.